The second kappa shape index (κ2) is 8.97. The molecular weight excluding hydrogens is 422 g/mol. The number of aromatic nitrogens is 4. The summed E-state index contributed by atoms with van der Waals surface area (Å²) in [5.74, 6) is -0.0230. The van der Waals surface area contributed by atoms with Gasteiger partial charge in [0, 0.05) is 12.5 Å². The summed E-state index contributed by atoms with van der Waals surface area (Å²) in [4.78, 5) is 27.2. The minimum Gasteiger partial charge on any atom is -0.449 e. The number of carbonyl (C=O) groups excluding carboxylic acids is 1. The van der Waals surface area contributed by atoms with Gasteiger partial charge in [0.1, 0.15) is 30.2 Å². The topological polar surface area (TPSA) is 133 Å². The van der Waals surface area contributed by atoms with Crippen LogP contribution in [0.3, 0.4) is 0 Å². The Bertz CT molecular complexity index is 1250. The van der Waals surface area contributed by atoms with Crippen LogP contribution < -0.4 is 5.32 Å². The number of carbonyl (C=O) groups is 1. The minimum absolute atomic E-state index is 0.0230. The molecule has 1 aliphatic rings. The summed E-state index contributed by atoms with van der Waals surface area (Å²) in [5.41, 5.74) is 5.73. The number of imidazole rings is 1. The van der Waals surface area contributed by atoms with Gasteiger partial charge in [0.15, 0.2) is 5.65 Å². The molecule has 2 aromatic heterocycles. The minimum atomic E-state index is -1.25. The third-order valence-electron chi connectivity index (χ3n) is 5.95. The molecule has 9 nitrogen and oxygen atoms in total. The lowest BCUT2D eigenvalue weighted by molar-refractivity contribution is 0.0119. The first-order valence-electron chi connectivity index (χ1n) is 10.7. The van der Waals surface area contributed by atoms with Gasteiger partial charge in [-0.05, 0) is 28.7 Å². The number of benzene rings is 2. The zero-order chi connectivity index (χ0) is 22.8. The van der Waals surface area contributed by atoms with Crippen LogP contribution in [0.1, 0.15) is 35.3 Å². The molecule has 0 fully saturated rings. The highest BCUT2D eigenvalue weighted by Crippen LogP contribution is 2.44. The van der Waals surface area contributed by atoms with Crippen LogP contribution in [-0.2, 0) is 4.74 Å². The Morgan fingerprint density at radius 2 is 1.73 bits per heavy atom. The number of hydrogen-bond donors (Lipinski definition) is 4. The number of ether oxygens (including phenoxy) is 1. The summed E-state index contributed by atoms with van der Waals surface area (Å²) in [5, 5.41) is 23.5. The third-order valence-corrected chi connectivity index (χ3v) is 5.95. The number of amides is 1. The van der Waals surface area contributed by atoms with E-state index in [0.717, 1.165) is 22.3 Å². The maximum absolute atomic E-state index is 12.3. The van der Waals surface area contributed by atoms with Crippen LogP contribution in [-0.4, -0.2) is 55.5 Å². The molecule has 1 amide bonds. The lowest BCUT2D eigenvalue weighted by atomic mass is 9.98. The van der Waals surface area contributed by atoms with Crippen molar-refractivity contribution in [2.24, 2.45) is 0 Å². The van der Waals surface area contributed by atoms with Crippen LogP contribution in [0.25, 0.3) is 22.3 Å². The second-order valence-corrected chi connectivity index (χ2v) is 7.91. The average Bonchev–Trinajstić information content (AvgIpc) is 3.45. The number of aliphatic hydroxyl groups excluding tert-OH is 2. The molecule has 1 aliphatic carbocycles. The SMILES string of the molecule is O=C(NCCC(O)C(O)c1ncnc2nc[nH]c12)OCC1c2ccccc2-c2ccccc21. The van der Waals surface area contributed by atoms with Gasteiger partial charge in [-0.3, -0.25) is 0 Å². The van der Waals surface area contributed by atoms with Crippen LogP contribution in [0.5, 0.6) is 0 Å². The molecule has 0 aliphatic heterocycles. The normalized spacial score (nSPS) is 14.5. The largest absolute Gasteiger partial charge is 0.449 e. The van der Waals surface area contributed by atoms with Crippen molar-refractivity contribution in [2.45, 2.75) is 24.5 Å². The number of fused-ring (bicyclic) bond motifs is 4. The van der Waals surface area contributed by atoms with Crippen molar-refractivity contribution in [2.75, 3.05) is 13.2 Å². The quantitative estimate of drug-likeness (QED) is 0.344. The number of hydrogen-bond acceptors (Lipinski definition) is 7. The maximum Gasteiger partial charge on any atom is 0.407 e. The first-order valence-corrected chi connectivity index (χ1v) is 10.7. The van der Waals surface area contributed by atoms with Gasteiger partial charge in [0.25, 0.3) is 0 Å². The molecule has 2 unspecified atom stereocenters. The first kappa shape index (κ1) is 21.0. The highest BCUT2D eigenvalue weighted by atomic mass is 16.5. The number of nitrogens with zero attached hydrogens (tertiary/aromatic N) is 3. The molecule has 0 saturated carbocycles. The van der Waals surface area contributed by atoms with Crippen molar-refractivity contribution in [3.8, 4) is 11.1 Å². The zero-order valence-corrected chi connectivity index (χ0v) is 17.7. The molecule has 0 bridgehead atoms. The number of alkyl carbamates (subject to hydrolysis) is 1. The van der Waals surface area contributed by atoms with Crippen LogP contribution in [0.15, 0.2) is 61.2 Å². The smallest absolute Gasteiger partial charge is 0.407 e. The average molecular weight is 445 g/mol. The summed E-state index contributed by atoms with van der Waals surface area (Å²) < 4.78 is 5.49. The van der Waals surface area contributed by atoms with Gasteiger partial charge in [-0.1, -0.05) is 48.5 Å². The third kappa shape index (κ3) is 4.04. The standard InChI is InChI=1S/C24H23N5O4/c30-19(22(31)20-21-23(28-12-26-20)29-13-27-21)9-10-25-24(32)33-11-18-16-7-3-1-5-14(16)15-6-2-4-8-17(15)18/h1-8,12-13,18-19,22,30-31H,9-11H2,(H,25,32)(H,26,27,28,29). The highest BCUT2D eigenvalue weighted by molar-refractivity contribution is 5.79. The van der Waals surface area contributed by atoms with Gasteiger partial charge < -0.3 is 25.3 Å². The number of nitrogens with one attached hydrogen (secondary N) is 2. The van der Waals surface area contributed by atoms with E-state index in [4.69, 9.17) is 4.74 Å². The fourth-order valence-corrected chi connectivity index (χ4v) is 4.32. The molecule has 0 radical (unpaired) electrons. The number of aromatic amines is 1. The summed E-state index contributed by atoms with van der Waals surface area (Å²) in [6.45, 7) is 0.343. The Hall–Kier alpha value is -3.82. The lowest BCUT2D eigenvalue weighted by Gasteiger charge is -2.18. The molecule has 0 spiro atoms. The zero-order valence-electron chi connectivity index (χ0n) is 17.7. The van der Waals surface area contributed by atoms with Gasteiger partial charge in [0.05, 0.1) is 12.4 Å². The van der Waals surface area contributed by atoms with E-state index in [0.29, 0.717) is 11.2 Å². The molecule has 9 heteroatoms. The van der Waals surface area contributed by atoms with Crippen LogP contribution >= 0.6 is 0 Å². The molecule has 4 aromatic rings. The van der Waals surface area contributed by atoms with Crippen molar-refractivity contribution in [3.05, 3.63) is 78.0 Å². The predicted octanol–water partition coefficient (Wildman–Crippen LogP) is 2.68. The van der Waals surface area contributed by atoms with Crippen LogP contribution in [0.2, 0.25) is 0 Å². The Kier molecular flexibility index (Phi) is 5.72. The molecule has 2 aromatic carbocycles. The van der Waals surface area contributed by atoms with E-state index in [1.54, 1.807) is 0 Å². The molecule has 2 atom stereocenters. The van der Waals surface area contributed by atoms with Crippen molar-refractivity contribution in [3.63, 3.8) is 0 Å². The predicted molar refractivity (Wildman–Crippen MR) is 120 cm³/mol. The van der Waals surface area contributed by atoms with E-state index in [9.17, 15) is 15.0 Å². The summed E-state index contributed by atoms with van der Waals surface area (Å²) in [6.07, 6.45) is -0.119. The summed E-state index contributed by atoms with van der Waals surface area (Å²) in [7, 11) is 0. The molecule has 2 heterocycles. The Morgan fingerprint density at radius 1 is 1.03 bits per heavy atom. The van der Waals surface area contributed by atoms with E-state index >= 15 is 0 Å². The van der Waals surface area contributed by atoms with Crippen molar-refractivity contribution < 1.29 is 19.7 Å². The highest BCUT2D eigenvalue weighted by Gasteiger charge is 2.29. The van der Waals surface area contributed by atoms with Crippen molar-refractivity contribution in [1.82, 2.24) is 25.3 Å². The van der Waals surface area contributed by atoms with Gasteiger partial charge in [0.2, 0.25) is 0 Å². The van der Waals surface area contributed by atoms with Gasteiger partial charge in [-0.25, -0.2) is 19.7 Å². The van der Waals surface area contributed by atoms with Gasteiger partial charge >= 0.3 is 6.09 Å². The number of aliphatic hydroxyl groups is 2. The fraction of sp³-hybridized carbons (Fsp3) is 0.250. The van der Waals surface area contributed by atoms with Crippen LogP contribution in [0, 0.1) is 0 Å². The van der Waals surface area contributed by atoms with E-state index < -0.39 is 18.3 Å². The lowest BCUT2D eigenvalue weighted by Crippen LogP contribution is -2.31. The fourth-order valence-electron chi connectivity index (χ4n) is 4.32. The van der Waals surface area contributed by atoms with Crippen molar-refractivity contribution >= 4 is 17.3 Å². The van der Waals surface area contributed by atoms with E-state index in [2.05, 4.69) is 49.5 Å². The second-order valence-electron chi connectivity index (χ2n) is 7.91. The van der Waals surface area contributed by atoms with Gasteiger partial charge in [-0.2, -0.15) is 0 Å². The molecule has 168 valence electrons. The molecule has 0 saturated heterocycles. The van der Waals surface area contributed by atoms with E-state index in [-0.39, 0.29) is 31.2 Å². The Balaban J connectivity index is 1.15. The van der Waals surface area contributed by atoms with Crippen LogP contribution in [0.4, 0.5) is 4.79 Å². The van der Waals surface area contributed by atoms with Crippen molar-refractivity contribution in [1.29, 1.82) is 0 Å². The van der Waals surface area contributed by atoms with E-state index in [1.807, 2.05) is 24.3 Å². The number of H-pyrrole nitrogens is 1. The Labute approximate surface area is 189 Å². The summed E-state index contributed by atoms with van der Waals surface area (Å²) in [6, 6.07) is 16.3. The number of rotatable bonds is 7. The van der Waals surface area contributed by atoms with E-state index in [1.165, 1.54) is 12.7 Å². The monoisotopic (exact) mass is 445 g/mol. The molecule has 4 N–H and O–H groups in total. The molecule has 33 heavy (non-hydrogen) atoms. The van der Waals surface area contributed by atoms with Gasteiger partial charge in [-0.15, -0.1) is 0 Å². The maximum atomic E-state index is 12.3. The molecular formula is C24H23N5O4. The first-order chi connectivity index (χ1) is 16.1. The Morgan fingerprint density at radius 3 is 2.45 bits per heavy atom. The summed E-state index contributed by atoms with van der Waals surface area (Å²) >= 11 is 0. The molecule has 5 rings (SSSR count).